The summed E-state index contributed by atoms with van der Waals surface area (Å²) < 4.78 is 0. The van der Waals surface area contributed by atoms with Crippen LogP contribution in [-0.4, -0.2) is 31.3 Å². The summed E-state index contributed by atoms with van der Waals surface area (Å²) in [6.07, 6.45) is 6.21. The van der Waals surface area contributed by atoms with E-state index in [1.54, 1.807) is 0 Å². The van der Waals surface area contributed by atoms with Crippen molar-refractivity contribution in [2.24, 2.45) is 5.92 Å². The van der Waals surface area contributed by atoms with Gasteiger partial charge in [-0.05, 0) is 68.3 Å². The Morgan fingerprint density at radius 3 is 2.87 bits per heavy atom. The van der Waals surface area contributed by atoms with Gasteiger partial charge in [-0.1, -0.05) is 12.1 Å². The Morgan fingerprint density at radius 1 is 1.17 bits per heavy atom. The third-order valence-electron chi connectivity index (χ3n) is 5.04. The van der Waals surface area contributed by atoms with Crippen LogP contribution in [0.4, 0.5) is 0 Å². The zero-order valence-electron chi connectivity index (χ0n) is 13.7. The zero-order valence-corrected chi connectivity index (χ0v) is 13.7. The average Bonchev–Trinajstić information content (AvgIpc) is 3.23. The Balaban J connectivity index is 1.39. The zero-order chi connectivity index (χ0) is 16.1. The topological polar surface area (TPSA) is 58.2 Å². The van der Waals surface area contributed by atoms with Crippen molar-refractivity contribution in [2.45, 2.75) is 44.9 Å². The lowest BCUT2D eigenvalue weighted by atomic mass is 10.0. The number of hydrogen-bond donors (Lipinski definition) is 2. The molecular formula is C19H26N2O2. The van der Waals surface area contributed by atoms with Gasteiger partial charge in [0.2, 0.25) is 5.91 Å². The lowest BCUT2D eigenvalue weighted by molar-refractivity contribution is -0.121. The Morgan fingerprint density at radius 2 is 2.04 bits per heavy atom. The molecule has 0 radical (unpaired) electrons. The summed E-state index contributed by atoms with van der Waals surface area (Å²) in [5, 5.41) is 6.27. The number of hydrogen-bond acceptors (Lipinski definition) is 3. The molecule has 1 aromatic rings. The second kappa shape index (κ2) is 7.73. The van der Waals surface area contributed by atoms with Gasteiger partial charge in [0.1, 0.15) is 0 Å². The second-order valence-corrected chi connectivity index (χ2v) is 6.76. The smallest absolute Gasteiger partial charge is 0.220 e. The van der Waals surface area contributed by atoms with Crippen LogP contribution < -0.4 is 10.6 Å². The molecule has 1 saturated heterocycles. The highest BCUT2D eigenvalue weighted by Crippen LogP contribution is 2.23. The lowest BCUT2D eigenvalue weighted by Crippen LogP contribution is -2.26. The first-order chi connectivity index (χ1) is 11.2. The third kappa shape index (κ3) is 4.41. The highest BCUT2D eigenvalue weighted by atomic mass is 16.2. The number of amides is 1. The molecule has 0 aromatic heterocycles. The summed E-state index contributed by atoms with van der Waals surface area (Å²) in [5.41, 5.74) is 3.45. The van der Waals surface area contributed by atoms with Crippen molar-refractivity contribution in [3.63, 3.8) is 0 Å². The van der Waals surface area contributed by atoms with Crippen LogP contribution in [0.3, 0.4) is 0 Å². The fourth-order valence-electron chi connectivity index (χ4n) is 3.58. The maximum atomic E-state index is 12.2. The summed E-state index contributed by atoms with van der Waals surface area (Å²) in [7, 11) is 0. The van der Waals surface area contributed by atoms with Gasteiger partial charge in [-0.25, -0.2) is 0 Å². The first kappa shape index (κ1) is 16.2. The number of benzene rings is 1. The molecule has 1 heterocycles. The summed E-state index contributed by atoms with van der Waals surface area (Å²) in [4.78, 5) is 24.1. The molecule has 1 aromatic carbocycles. The van der Waals surface area contributed by atoms with Gasteiger partial charge in [-0.2, -0.15) is 0 Å². The van der Waals surface area contributed by atoms with Gasteiger partial charge in [-0.3, -0.25) is 9.59 Å². The number of fused-ring (bicyclic) bond motifs is 1. The number of carbonyl (C=O) groups is 2. The van der Waals surface area contributed by atoms with Crippen LogP contribution in [0.25, 0.3) is 0 Å². The molecule has 4 heteroatoms. The molecule has 0 bridgehead atoms. The Bertz CT molecular complexity index is 577. The summed E-state index contributed by atoms with van der Waals surface area (Å²) in [5.74, 6) is 0.753. The molecule has 1 aliphatic carbocycles. The van der Waals surface area contributed by atoms with Crippen molar-refractivity contribution in [2.75, 3.05) is 19.6 Å². The van der Waals surface area contributed by atoms with Crippen LogP contribution in [0.1, 0.15) is 53.6 Å². The molecule has 2 aliphatic rings. The summed E-state index contributed by atoms with van der Waals surface area (Å²) in [6, 6.07) is 6.01. The molecule has 0 saturated carbocycles. The second-order valence-electron chi connectivity index (χ2n) is 6.76. The van der Waals surface area contributed by atoms with E-state index in [1.165, 1.54) is 24.0 Å². The van der Waals surface area contributed by atoms with Gasteiger partial charge in [0.15, 0.2) is 5.78 Å². The van der Waals surface area contributed by atoms with E-state index >= 15 is 0 Å². The number of ketones is 1. The predicted octanol–water partition coefficient (Wildman–Crippen LogP) is 2.25. The molecule has 2 N–H and O–H groups in total. The van der Waals surface area contributed by atoms with Crippen molar-refractivity contribution in [1.29, 1.82) is 0 Å². The van der Waals surface area contributed by atoms with E-state index in [0.29, 0.717) is 18.8 Å². The SMILES string of the molecule is O=C(CCC(=O)c1ccc2c(c1)CCC2)NCCC1CCNC1. The normalized spacial score (nSPS) is 19.6. The first-order valence-electron chi connectivity index (χ1n) is 8.85. The summed E-state index contributed by atoms with van der Waals surface area (Å²) in [6.45, 7) is 2.87. The quantitative estimate of drug-likeness (QED) is 0.759. The number of Topliss-reactive ketones (excluding diaryl/α,β-unsaturated/α-hetero) is 1. The van der Waals surface area contributed by atoms with E-state index in [4.69, 9.17) is 0 Å². The number of carbonyl (C=O) groups excluding carboxylic acids is 2. The fourth-order valence-corrected chi connectivity index (χ4v) is 3.58. The van der Waals surface area contributed by atoms with Crippen molar-refractivity contribution >= 4 is 11.7 Å². The van der Waals surface area contributed by atoms with Crippen LogP contribution in [-0.2, 0) is 17.6 Å². The van der Waals surface area contributed by atoms with Crippen molar-refractivity contribution in [1.82, 2.24) is 10.6 Å². The van der Waals surface area contributed by atoms with Crippen LogP contribution >= 0.6 is 0 Å². The Kier molecular flexibility index (Phi) is 5.44. The summed E-state index contributed by atoms with van der Waals surface area (Å²) >= 11 is 0. The minimum absolute atomic E-state index is 0.00883. The molecular weight excluding hydrogens is 288 g/mol. The van der Waals surface area contributed by atoms with Crippen LogP contribution in [0.5, 0.6) is 0 Å². The molecule has 1 amide bonds. The van der Waals surface area contributed by atoms with E-state index in [0.717, 1.165) is 44.5 Å². The van der Waals surface area contributed by atoms with Gasteiger partial charge < -0.3 is 10.6 Å². The van der Waals surface area contributed by atoms with E-state index in [-0.39, 0.29) is 11.7 Å². The molecule has 1 aliphatic heterocycles. The molecule has 3 rings (SSSR count). The maximum Gasteiger partial charge on any atom is 0.220 e. The molecule has 124 valence electrons. The Hall–Kier alpha value is -1.68. The Labute approximate surface area is 138 Å². The predicted molar refractivity (Wildman–Crippen MR) is 90.6 cm³/mol. The lowest BCUT2D eigenvalue weighted by Gasteiger charge is -2.09. The van der Waals surface area contributed by atoms with Gasteiger partial charge in [0.05, 0.1) is 0 Å². The van der Waals surface area contributed by atoms with E-state index in [2.05, 4.69) is 16.7 Å². The molecule has 1 fully saturated rings. The first-order valence-corrected chi connectivity index (χ1v) is 8.85. The van der Waals surface area contributed by atoms with Crippen molar-refractivity contribution in [3.8, 4) is 0 Å². The highest BCUT2D eigenvalue weighted by molar-refractivity contribution is 5.98. The van der Waals surface area contributed by atoms with Crippen LogP contribution in [0.15, 0.2) is 18.2 Å². The van der Waals surface area contributed by atoms with Gasteiger partial charge in [0.25, 0.3) is 0 Å². The van der Waals surface area contributed by atoms with Crippen molar-refractivity contribution < 1.29 is 9.59 Å². The number of nitrogens with one attached hydrogen (secondary N) is 2. The molecule has 1 atom stereocenters. The van der Waals surface area contributed by atoms with E-state index < -0.39 is 0 Å². The minimum atomic E-state index is -0.00883. The average molecular weight is 314 g/mol. The van der Waals surface area contributed by atoms with Crippen LogP contribution in [0.2, 0.25) is 0 Å². The minimum Gasteiger partial charge on any atom is -0.356 e. The molecule has 23 heavy (non-hydrogen) atoms. The van der Waals surface area contributed by atoms with E-state index in [9.17, 15) is 9.59 Å². The van der Waals surface area contributed by atoms with Gasteiger partial charge >= 0.3 is 0 Å². The maximum absolute atomic E-state index is 12.2. The van der Waals surface area contributed by atoms with Crippen LogP contribution in [0, 0.1) is 5.92 Å². The van der Waals surface area contributed by atoms with Gasteiger partial charge in [0, 0.05) is 24.9 Å². The number of aryl methyl sites for hydroxylation is 2. The van der Waals surface area contributed by atoms with Crippen molar-refractivity contribution in [3.05, 3.63) is 34.9 Å². The number of rotatable bonds is 7. The van der Waals surface area contributed by atoms with Gasteiger partial charge in [-0.15, -0.1) is 0 Å². The fraction of sp³-hybridized carbons (Fsp3) is 0.579. The molecule has 4 nitrogen and oxygen atoms in total. The highest BCUT2D eigenvalue weighted by Gasteiger charge is 2.16. The standard InChI is InChI=1S/C19H26N2O2/c22-18(17-5-4-15-2-1-3-16(15)12-17)6-7-19(23)21-11-9-14-8-10-20-13-14/h4-5,12,14,20H,1-3,6-11,13H2,(H,21,23). The largest absolute Gasteiger partial charge is 0.356 e. The monoisotopic (exact) mass is 314 g/mol. The molecule has 1 unspecified atom stereocenters. The third-order valence-corrected chi connectivity index (χ3v) is 5.04. The molecule has 0 spiro atoms. The van der Waals surface area contributed by atoms with E-state index in [1.807, 2.05) is 12.1 Å².